The van der Waals surface area contributed by atoms with Gasteiger partial charge in [0, 0.05) is 25.4 Å². The molecule has 0 spiro atoms. The third-order valence-corrected chi connectivity index (χ3v) is 4.65. The number of nitrogens with zero attached hydrogens (tertiary/aromatic N) is 5. The molecule has 7 heteroatoms. The molecule has 2 aromatic heterocycles. The van der Waals surface area contributed by atoms with Gasteiger partial charge in [0.1, 0.15) is 11.6 Å². The molecule has 148 valence electrons. The van der Waals surface area contributed by atoms with E-state index in [4.69, 9.17) is 4.74 Å². The number of hydrogen-bond acceptors (Lipinski definition) is 7. The molecule has 0 atom stereocenters. The maximum absolute atomic E-state index is 5.83. The maximum Gasteiger partial charge on any atom is 0.326 e. The molecule has 0 bridgehead atoms. The fraction of sp³-hybridized carbons (Fsp3) is 0.273. The van der Waals surface area contributed by atoms with E-state index >= 15 is 0 Å². The summed E-state index contributed by atoms with van der Waals surface area (Å²) in [4.78, 5) is 15.4. The third-order valence-electron chi connectivity index (χ3n) is 4.65. The van der Waals surface area contributed by atoms with E-state index in [-0.39, 0.29) is 6.01 Å². The van der Waals surface area contributed by atoms with Crippen LogP contribution in [0.3, 0.4) is 0 Å². The lowest BCUT2D eigenvalue weighted by atomic mass is 10.1. The Hall–Kier alpha value is -3.48. The molecule has 1 aromatic carbocycles. The van der Waals surface area contributed by atoms with Crippen molar-refractivity contribution >= 4 is 17.9 Å². The van der Waals surface area contributed by atoms with E-state index in [0.717, 1.165) is 37.3 Å². The summed E-state index contributed by atoms with van der Waals surface area (Å²) < 4.78 is 5.83. The summed E-state index contributed by atoms with van der Waals surface area (Å²) in [6, 6.07) is 14.0. The number of rotatable bonds is 6. The number of anilines is 2. The van der Waals surface area contributed by atoms with Crippen molar-refractivity contribution in [3.63, 3.8) is 0 Å². The minimum Gasteiger partial charge on any atom is -0.423 e. The summed E-state index contributed by atoms with van der Waals surface area (Å²) in [6.07, 6.45) is 8.70. The average Bonchev–Trinajstić information content (AvgIpc) is 2.75. The van der Waals surface area contributed by atoms with Crippen LogP contribution in [0.2, 0.25) is 0 Å². The Bertz CT molecular complexity index is 970. The van der Waals surface area contributed by atoms with Crippen molar-refractivity contribution in [2.45, 2.75) is 26.2 Å². The summed E-state index contributed by atoms with van der Waals surface area (Å²) >= 11 is 0. The number of piperidine rings is 1. The summed E-state index contributed by atoms with van der Waals surface area (Å²) in [5.74, 6) is 2.02. The van der Waals surface area contributed by atoms with Crippen LogP contribution in [0, 0.1) is 6.92 Å². The number of aryl methyl sites for hydroxylation is 1. The highest BCUT2D eigenvalue weighted by molar-refractivity contribution is 5.80. The number of nitrogens with one attached hydrogen (secondary N) is 1. The molecule has 29 heavy (non-hydrogen) atoms. The number of pyridine rings is 1. The first kappa shape index (κ1) is 18.9. The van der Waals surface area contributed by atoms with E-state index in [1.54, 1.807) is 18.6 Å². The van der Waals surface area contributed by atoms with E-state index in [9.17, 15) is 0 Å². The van der Waals surface area contributed by atoms with Crippen LogP contribution in [0.1, 0.15) is 30.4 Å². The second kappa shape index (κ2) is 9.14. The monoisotopic (exact) mass is 388 g/mol. The lowest BCUT2D eigenvalue weighted by Gasteiger charge is -2.27. The van der Waals surface area contributed by atoms with Gasteiger partial charge in [0.2, 0.25) is 0 Å². The van der Waals surface area contributed by atoms with Crippen molar-refractivity contribution in [3.05, 3.63) is 66.0 Å². The van der Waals surface area contributed by atoms with Gasteiger partial charge < -0.3 is 9.64 Å². The first-order chi connectivity index (χ1) is 14.3. The predicted molar refractivity (Wildman–Crippen MR) is 115 cm³/mol. The minimum atomic E-state index is 0.273. The summed E-state index contributed by atoms with van der Waals surface area (Å²) in [6.45, 7) is 4.02. The molecule has 7 nitrogen and oxygen atoms in total. The SMILES string of the molecule is Cc1cccc(/C=N/Nc2cc(N3CCCCC3)nc(Oc3cccnc3)n2)c1. The van der Waals surface area contributed by atoms with Crippen LogP contribution in [0.4, 0.5) is 11.6 Å². The number of ether oxygens (including phenoxy) is 1. The highest BCUT2D eigenvalue weighted by Crippen LogP contribution is 2.25. The number of aromatic nitrogens is 3. The first-order valence-corrected chi connectivity index (χ1v) is 9.84. The minimum absolute atomic E-state index is 0.273. The van der Waals surface area contributed by atoms with Crippen LogP contribution < -0.4 is 15.1 Å². The molecule has 0 aliphatic carbocycles. The van der Waals surface area contributed by atoms with Crippen LogP contribution in [0.25, 0.3) is 0 Å². The standard InChI is InChI=1S/C22H24N6O/c1-17-7-5-8-18(13-17)15-24-27-20-14-21(28-11-3-2-4-12-28)26-22(25-20)29-19-9-6-10-23-16-19/h5-10,13-16H,2-4,11-12H2,1H3,(H,25,26,27)/b24-15+. The molecule has 1 N–H and O–H groups in total. The van der Waals surface area contributed by atoms with E-state index in [1.165, 1.54) is 12.0 Å². The number of hydrazone groups is 1. The third kappa shape index (κ3) is 5.28. The Morgan fingerprint density at radius 1 is 1.07 bits per heavy atom. The Kier molecular flexibility index (Phi) is 5.95. The van der Waals surface area contributed by atoms with Gasteiger partial charge in [-0.1, -0.05) is 29.8 Å². The van der Waals surface area contributed by atoms with Gasteiger partial charge in [-0.2, -0.15) is 15.1 Å². The number of benzene rings is 1. The van der Waals surface area contributed by atoms with Gasteiger partial charge in [-0.15, -0.1) is 0 Å². The molecule has 1 aliphatic rings. The smallest absolute Gasteiger partial charge is 0.326 e. The zero-order valence-corrected chi connectivity index (χ0v) is 16.5. The highest BCUT2D eigenvalue weighted by atomic mass is 16.5. The van der Waals surface area contributed by atoms with Gasteiger partial charge in [0.15, 0.2) is 5.82 Å². The highest BCUT2D eigenvalue weighted by Gasteiger charge is 2.15. The van der Waals surface area contributed by atoms with Gasteiger partial charge in [-0.05, 0) is 43.9 Å². The topological polar surface area (TPSA) is 75.5 Å². The Balaban J connectivity index is 1.56. The fourth-order valence-corrected chi connectivity index (χ4v) is 3.24. The molecule has 1 fully saturated rings. The first-order valence-electron chi connectivity index (χ1n) is 9.84. The maximum atomic E-state index is 5.83. The van der Waals surface area contributed by atoms with Crippen LogP contribution in [0.15, 0.2) is 60.0 Å². The summed E-state index contributed by atoms with van der Waals surface area (Å²) in [5.41, 5.74) is 5.23. The molecule has 1 aliphatic heterocycles. The quantitative estimate of drug-likeness (QED) is 0.498. The van der Waals surface area contributed by atoms with Crippen molar-refractivity contribution in [2.24, 2.45) is 5.10 Å². The zero-order chi connectivity index (χ0) is 19.9. The zero-order valence-electron chi connectivity index (χ0n) is 16.5. The molecule has 3 aromatic rings. The van der Waals surface area contributed by atoms with Gasteiger partial charge in [0.25, 0.3) is 0 Å². The van der Waals surface area contributed by atoms with E-state index < -0.39 is 0 Å². The van der Waals surface area contributed by atoms with Crippen molar-refractivity contribution in [1.82, 2.24) is 15.0 Å². The second-order valence-corrected chi connectivity index (χ2v) is 7.02. The summed E-state index contributed by atoms with van der Waals surface area (Å²) in [7, 11) is 0. The van der Waals surface area contributed by atoms with Crippen molar-refractivity contribution in [1.29, 1.82) is 0 Å². The van der Waals surface area contributed by atoms with Crippen LogP contribution >= 0.6 is 0 Å². The van der Waals surface area contributed by atoms with Crippen molar-refractivity contribution in [2.75, 3.05) is 23.4 Å². The molecule has 0 amide bonds. The summed E-state index contributed by atoms with van der Waals surface area (Å²) in [5, 5.41) is 4.34. The van der Waals surface area contributed by atoms with Crippen LogP contribution in [0.5, 0.6) is 11.8 Å². The molecule has 3 heterocycles. The van der Waals surface area contributed by atoms with E-state index in [0.29, 0.717) is 11.6 Å². The van der Waals surface area contributed by atoms with E-state index in [2.05, 4.69) is 49.4 Å². The van der Waals surface area contributed by atoms with Gasteiger partial charge in [0.05, 0.1) is 12.4 Å². The number of hydrogen-bond donors (Lipinski definition) is 1. The fourth-order valence-electron chi connectivity index (χ4n) is 3.24. The molecule has 0 unspecified atom stereocenters. The molecular formula is C22H24N6O. The predicted octanol–water partition coefficient (Wildman–Crippen LogP) is 4.41. The lowest BCUT2D eigenvalue weighted by molar-refractivity contribution is 0.439. The van der Waals surface area contributed by atoms with Crippen LogP contribution in [-0.2, 0) is 0 Å². The van der Waals surface area contributed by atoms with Crippen molar-refractivity contribution < 1.29 is 4.74 Å². The van der Waals surface area contributed by atoms with Crippen LogP contribution in [-0.4, -0.2) is 34.3 Å². The molecule has 0 radical (unpaired) electrons. The Labute approximate surface area is 170 Å². The molecule has 4 rings (SSSR count). The van der Waals surface area contributed by atoms with Gasteiger partial charge in [-0.25, -0.2) is 0 Å². The van der Waals surface area contributed by atoms with Gasteiger partial charge in [-0.3, -0.25) is 10.4 Å². The molecule has 0 saturated carbocycles. The molecule has 1 saturated heterocycles. The largest absolute Gasteiger partial charge is 0.423 e. The Morgan fingerprint density at radius 2 is 1.97 bits per heavy atom. The molecular weight excluding hydrogens is 364 g/mol. The Morgan fingerprint density at radius 3 is 2.76 bits per heavy atom. The van der Waals surface area contributed by atoms with E-state index in [1.807, 2.05) is 30.3 Å². The second-order valence-electron chi connectivity index (χ2n) is 7.02. The lowest BCUT2D eigenvalue weighted by Crippen LogP contribution is -2.30. The van der Waals surface area contributed by atoms with Gasteiger partial charge >= 0.3 is 6.01 Å². The van der Waals surface area contributed by atoms with Crippen molar-refractivity contribution in [3.8, 4) is 11.8 Å². The normalized spacial score (nSPS) is 14.2. The average molecular weight is 388 g/mol.